The van der Waals surface area contributed by atoms with Crippen LogP contribution in [0.2, 0.25) is 0 Å². The van der Waals surface area contributed by atoms with Gasteiger partial charge in [0.05, 0.1) is 0 Å². The molecule has 4 nitrogen and oxygen atoms in total. The number of amides is 1. The van der Waals surface area contributed by atoms with E-state index in [1.165, 1.54) is 32.6 Å². The van der Waals surface area contributed by atoms with Crippen molar-refractivity contribution in [1.29, 1.82) is 0 Å². The molecule has 2 bridgehead atoms. The third kappa shape index (κ3) is 3.43. The molecule has 2 fully saturated rings. The standard InChI is InChI=1S/C17H21NO3/c1-11(19)18-15-4-6-16(7-5-15)21-17(20)10-14-9-12-2-3-13(14)8-12/h4-7,12-14H,2-3,8-10H2,1H3,(H,18,19). The number of carbonyl (C=O) groups is 2. The summed E-state index contributed by atoms with van der Waals surface area (Å²) in [5.74, 6) is 2.40. The average molecular weight is 287 g/mol. The summed E-state index contributed by atoms with van der Waals surface area (Å²) in [7, 11) is 0. The molecule has 0 aromatic heterocycles. The summed E-state index contributed by atoms with van der Waals surface area (Å²) in [5.41, 5.74) is 0.704. The van der Waals surface area contributed by atoms with E-state index in [1.54, 1.807) is 24.3 Å². The molecule has 1 aromatic carbocycles. The number of esters is 1. The zero-order valence-electron chi connectivity index (χ0n) is 12.3. The third-order valence-electron chi connectivity index (χ3n) is 4.72. The fourth-order valence-corrected chi connectivity index (χ4v) is 3.82. The first-order valence-corrected chi connectivity index (χ1v) is 7.68. The van der Waals surface area contributed by atoms with Crippen molar-refractivity contribution in [3.63, 3.8) is 0 Å². The van der Waals surface area contributed by atoms with Crippen LogP contribution in [0, 0.1) is 17.8 Å². The maximum absolute atomic E-state index is 12.0. The molecule has 1 amide bonds. The van der Waals surface area contributed by atoms with Gasteiger partial charge in [0.2, 0.25) is 5.91 Å². The van der Waals surface area contributed by atoms with Gasteiger partial charge in [-0.1, -0.05) is 6.42 Å². The number of rotatable bonds is 4. The molecule has 0 spiro atoms. The molecule has 1 aromatic rings. The Kier molecular flexibility index (Phi) is 3.95. The Bertz CT molecular complexity index is 537. The Morgan fingerprint density at radius 2 is 1.95 bits per heavy atom. The van der Waals surface area contributed by atoms with Gasteiger partial charge in [-0.15, -0.1) is 0 Å². The van der Waals surface area contributed by atoms with E-state index in [0.29, 0.717) is 23.8 Å². The fraction of sp³-hybridized carbons (Fsp3) is 0.529. The molecular weight excluding hydrogens is 266 g/mol. The van der Waals surface area contributed by atoms with Crippen molar-refractivity contribution in [1.82, 2.24) is 0 Å². The van der Waals surface area contributed by atoms with Crippen molar-refractivity contribution in [2.24, 2.45) is 17.8 Å². The summed E-state index contributed by atoms with van der Waals surface area (Å²) >= 11 is 0. The van der Waals surface area contributed by atoms with Crippen LogP contribution < -0.4 is 10.1 Å². The van der Waals surface area contributed by atoms with E-state index in [4.69, 9.17) is 4.74 Å². The number of benzene rings is 1. The summed E-state index contributed by atoms with van der Waals surface area (Å²) in [5, 5.41) is 2.68. The van der Waals surface area contributed by atoms with Gasteiger partial charge >= 0.3 is 5.97 Å². The van der Waals surface area contributed by atoms with Gasteiger partial charge in [0.1, 0.15) is 5.75 Å². The molecule has 3 rings (SSSR count). The Morgan fingerprint density at radius 1 is 1.19 bits per heavy atom. The number of carbonyl (C=O) groups excluding carboxylic acids is 2. The number of anilines is 1. The molecule has 4 heteroatoms. The summed E-state index contributed by atoms with van der Waals surface area (Å²) in [6.07, 6.45) is 5.67. The van der Waals surface area contributed by atoms with Crippen LogP contribution in [-0.2, 0) is 9.59 Å². The molecule has 2 aliphatic carbocycles. The van der Waals surface area contributed by atoms with Crippen LogP contribution in [-0.4, -0.2) is 11.9 Å². The molecule has 3 atom stereocenters. The lowest BCUT2D eigenvalue weighted by Crippen LogP contribution is -2.18. The zero-order valence-corrected chi connectivity index (χ0v) is 12.3. The highest BCUT2D eigenvalue weighted by Gasteiger charge is 2.40. The smallest absolute Gasteiger partial charge is 0.311 e. The number of hydrogen-bond donors (Lipinski definition) is 1. The fourth-order valence-electron chi connectivity index (χ4n) is 3.82. The second-order valence-electron chi connectivity index (χ2n) is 6.32. The predicted molar refractivity (Wildman–Crippen MR) is 79.9 cm³/mol. The molecule has 2 aliphatic rings. The van der Waals surface area contributed by atoms with Gasteiger partial charge in [0.15, 0.2) is 0 Å². The predicted octanol–water partition coefficient (Wildman–Crippen LogP) is 3.38. The van der Waals surface area contributed by atoms with E-state index in [-0.39, 0.29) is 11.9 Å². The molecule has 0 aliphatic heterocycles. The highest BCUT2D eigenvalue weighted by atomic mass is 16.5. The maximum atomic E-state index is 12.0. The van der Waals surface area contributed by atoms with E-state index < -0.39 is 0 Å². The van der Waals surface area contributed by atoms with Crippen molar-refractivity contribution in [3.8, 4) is 5.75 Å². The van der Waals surface area contributed by atoms with E-state index in [0.717, 1.165) is 11.8 Å². The first-order valence-electron chi connectivity index (χ1n) is 7.68. The minimum atomic E-state index is -0.139. The van der Waals surface area contributed by atoms with Gasteiger partial charge in [0.25, 0.3) is 0 Å². The van der Waals surface area contributed by atoms with Gasteiger partial charge in [-0.3, -0.25) is 9.59 Å². The lowest BCUT2D eigenvalue weighted by Gasteiger charge is -2.20. The number of nitrogens with one attached hydrogen (secondary N) is 1. The molecular formula is C17H21NO3. The first-order chi connectivity index (χ1) is 10.1. The van der Waals surface area contributed by atoms with Crippen molar-refractivity contribution in [3.05, 3.63) is 24.3 Å². The van der Waals surface area contributed by atoms with Gasteiger partial charge in [-0.05, 0) is 61.3 Å². The summed E-state index contributed by atoms with van der Waals surface area (Å²) in [6, 6.07) is 6.90. The van der Waals surface area contributed by atoms with Crippen LogP contribution in [0.25, 0.3) is 0 Å². The molecule has 0 radical (unpaired) electrons. The second-order valence-corrected chi connectivity index (χ2v) is 6.32. The number of ether oxygens (including phenoxy) is 1. The second kappa shape index (κ2) is 5.88. The summed E-state index contributed by atoms with van der Waals surface area (Å²) in [4.78, 5) is 23.0. The molecule has 0 saturated heterocycles. The van der Waals surface area contributed by atoms with Crippen molar-refractivity contribution < 1.29 is 14.3 Å². The average Bonchev–Trinajstić information content (AvgIpc) is 3.02. The Balaban J connectivity index is 1.51. The molecule has 0 heterocycles. The van der Waals surface area contributed by atoms with Crippen molar-refractivity contribution in [2.45, 2.75) is 39.0 Å². The quantitative estimate of drug-likeness (QED) is 0.682. The highest BCUT2D eigenvalue weighted by Crippen LogP contribution is 2.49. The normalized spacial score (nSPS) is 26.6. The van der Waals surface area contributed by atoms with Crippen molar-refractivity contribution in [2.75, 3.05) is 5.32 Å². The van der Waals surface area contributed by atoms with Crippen LogP contribution in [0.4, 0.5) is 5.69 Å². The molecule has 1 N–H and O–H groups in total. The van der Waals surface area contributed by atoms with Gasteiger partial charge in [-0.25, -0.2) is 0 Å². The van der Waals surface area contributed by atoms with Gasteiger partial charge < -0.3 is 10.1 Å². The molecule has 3 unspecified atom stereocenters. The third-order valence-corrected chi connectivity index (χ3v) is 4.72. The lowest BCUT2D eigenvalue weighted by atomic mass is 9.86. The Morgan fingerprint density at radius 3 is 2.52 bits per heavy atom. The van der Waals surface area contributed by atoms with Gasteiger partial charge in [-0.2, -0.15) is 0 Å². The topological polar surface area (TPSA) is 55.4 Å². The van der Waals surface area contributed by atoms with Crippen LogP contribution in [0.3, 0.4) is 0 Å². The monoisotopic (exact) mass is 287 g/mol. The minimum absolute atomic E-state index is 0.115. The van der Waals surface area contributed by atoms with Crippen molar-refractivity contribution >= 4 is 17.6 Å². The minimum Gasteiger partial charge on any atom is -0.427 e. The van der Waals surface area contributed by atoms with Gasteiger partial charge in [0, 0.05) is 19.0 Å². The zero-order chi connectivity index (χ0) is 14.8. The van der Waals surface area contributed by atoms with Crippen LogP contribution in [0.15, 0.2) is 24.3 Å². The van der Waals surface area contributed by atoms with Crippen LogP contribution in [0.5, 0.6) is 5.75 Å². The molecule has 2 saturated carbocycles. The molecule has 21 heavy (non-hydrogen) atoms. The SMILES string of the molecule is CC(=O)Nc1ccc(OC(=O)CC2CC3CCC2C3)cc1. The number of hydrogen-bond acceptors (Lipinski definition) is 3. The van der Waals surface area contributed by atoms with E-state index in [1.807, 2.05) is 0 Å². The lowest BCUT2D eigenvalue weighted by molar-refractivity contribution is -0.135. The first kappa shape index (κ1) is 14.1. The van der Waals surface area contributed by atoms with E-state index in [9.17, 15) is 9.59 Å². The maximum Gasteiger partial charge on any atom is 0.311 e. The largest absolute Gasteiger partial charge is 0.427 e. The summed E-state index contributed by atoms with van der Waals surface area (Å²) < 4.78 is 5.39. The highest BCUT2D eigenvalue weighted by molar-refractivity contribution is 5.88. The Labute approximate surface area is 124 Å². The van der Waals surface area contributed by atoms with Crippen LogP contribution in [0.1, 0.15) is 39.0 Å². The van der Waals surface area contributed by atoms with E-state index >= 15 is 0 Å². The number of fused-ring (bicyclic) bond motifs is 2. The van der Waals surface area contributed by atoms with E-state index in [2.05, 4.69) is 5.32 Å². The Hall–Kier alpha value is -1.84. The van der Waals surface area contributed by atoms with Crippen LogP contribution >= 0.6 is 0 Å². The molecule has 112 valence electrons. The summed E-state index contributed by atoms with van der Waals surface area (Å²) in [6.45, 7) is 1.46.